The van der Waals surface area contributed by atoms with Gasteiger partial charge in [0.2, 0.25) is 0 Å². The van der Waals surface area contributed by atoms with E-state index in [2.05, 4.69) is 33.7 Å². The molecule has 1 aliphatic rings. The minimum Gasteiger partial charge on any atom is -0.338 e. The topological polar surface area (TPSA) is 57.3 Å². The van der Waals surface area contributed by atoms with E-state index >= 15 is 0 Å². The van der Waals surface area contributed by atoms with Crippen molar-refractivity contribution in [3.8, 4) is 0 Å². The summed E-state index contributed by atoms with van der Waals surface area (Å²) in [6, 6.07) is 16.2. The summed E-state index contributed by atoms with van der Waals surface area (Å²) in [6.45, 7) is 1.88. The molecule has 4 rings (SSSR count). The van der Waals surface area contributed by atoms with Gasteiger partial charge in [-0.15, -0.1) is 11.6 Å². The molecule has 1 aliphatic heterocycles. The van der Waals surface area contributed by atoms with Crippen molar-refractivity contribution in [1.82, 2.24) is 15.6 Å². The van der Waals surface area contributed by atoms with Crippen LogP contribution in [-0.4, -0.2) is 36.5 Å². The number of hydrogen-bond acceptors (Lipinski definition) is 4. The summed E-state index contributed by atoms with van der Waals surface area (Å²) in [5, 5.41) is 7.42. The van der Waals surface area contributed by atoms with Gasteiger partial charge >= 0.3 is 6.03 Å². The van der Waals surface area contributed by atoms with Crippen LogP contribution in [0.4, 0.5) is 16.3 Å². The van der Waals surface area contributed by atoms with Gasteiger partial charge in [-0.1, -0.05) is 41.6 Å². The van der Waals surface area contributed by atoms with Crippen LogP contribution in [0.15, 0.2) is 58.3 Å². The molecule has 0 unspecified atom stereocenters. The SMILES string of the molecule is O=C(NCCCl)NCCCCN1c2ccc(Cl)cc2Sc2cc3ccccc3nc21. The molecule has 3 aromatic rings. The Morgan fingerprint density at radius 2 is 1.87 bits per heavy atom. The van der Waals surface area contributed by atoms with E-state index in [9.17, 15) is 4.79 Å². The third-order valence-corrected chi connectivity index (χ3v) is 6.32. The number of pyridine rings is 1. The van der Waals surface area contributed by atoms with Crippen LogP contribution < -0.4 is 15.5 Å². The lowest BCUT2D eigenvalue weighted by atomic mass is 10.2. The smallest absolute Gasteiger partial charge is 0.314 e. The summed E-state index contributed by atoms with van der Waals surface area (Å²) in [6.07, 6.45) is 1.78. The van der Waals surface area contributed by atoms with E-state index in [1.54, 1.807) is 11.8 Å². The van der Waals surface area contributed by atoms with E-state index in [0.29, 0.717) is 19.0 Å². The molecular weight excluding hydrogens is 439 g/mol. The highest BCUT2D eigenvalue weighted by molar-refractivity contribution is 7.99. The number of rotatable bonds is 7. The summed E-state index contributed by atoms with van der Waals surface area (Å²) in [7, 11) is 0. The first-order valence-corrected chi connectivity index (χ1v) is 11.6. The molecule has 2 heterocycles. The summed E-state index contributed by atoms with van der Waals surface area (Å²) in [5.41, 5.74) is 2.10. The Hall–Kier alpha value is -2.15. The highest BCUT2D eigenvalue weighted by Gasteiger charge is 2.25. The zero-order chi connectivity index (χ0) is 20.9. The zero-order valence-corrected chi connectivity index (χ0v) is 18.7. The van der Waals surface area contributed by atoms with Gasteiger partial charge in [-0.2, -0.15) is 0 Å². The Morgan fingerprint density at radius 1 is 1.03 bits per heavy atom. The molecule has 0 atom stereocenters. The van der Waals surface area contributed by atoms with Crippen molar-refractivity contribution >= 4 is 63.4 Å². The molecule has 1 aromatic heterocycles. The summed E-state index contributed by atoms with van der Waals surface area (Å²) < 4.78 is 0. The summed E-state index contributed by atoms with van der Waals surface area (Å²) in [5.74, 6) is 1.38. The predicted octanol–water partition coefficient (Wildman–Crippen LogP) is 5.81. The van der Waals surface area contributed by atoms with E-state index in [1.165, 1.54) is 0 Å². The number of nitrogens with one attached hydrogen (secondary N) is 2. The molecule has 0 radical (unpaired) electrons. The molecule has 0 fully saturated rings. The molecular formula is C22H22Cl2N4OS. The second-order valence-electron chi connectivity index (χ2n) is 6.95. The quantitative estimate of drug-likeness (QED) is 0.345. The van der Waals surface area contributed by atoms with Gasteiger partial charge in [0.05, 0.1) is 16.1 Å². The maximum atomic E-state index is 11.6. The van der Waals surface area contributed by atoms with Crippen LogP contribution in [0.25, 0.3) is 10.9 Å². The molecule has 0 aliphatic carbocycles. The maximum Gasteiger partial charge on any atom is 0.314 e. The molecule has 0 bridgehead atoms. The molecule has 5 nitrogen and oxygen atoms in total. The van der Waals surface area contributed by atoms with Crippen molar-refractivity contribution in [3.05, 3.63) is 53.6 Å². The Bertz CT molecular complexity index is 1060. The Labute approximate surface area is 190 Å². The highest BCUT2D eigenvalue weighted by atomic mass is 35.5. The lowest BCUT2D eigenvalue weighted by Crippen LogP contribution is -2.37. The van der Waals surface area contributed by atoms with Crippen LogP contribution in [-0.2, 0) is 0 Å². The maximum absolute atomic E-state index is 11.6. The number of nitrogens with zero attached hydrogens (tertiary/aromatic N) is 2. The van der Waals surface area contributed by atoms with Crippen LogP contribution in [0.1, 0.15) is 12.8 Å². The van der Waals surface area contributed by atoms with Crippen LogP contribution in [0.5, 0.6) is 0 Å². The summed E-state index contributed by atoms with van der Waals surface area (Å²) in [4.78, 5) is 21.1. The van der Waals surface area contributed by atoms with E-state index < -0.39 is 0 Å². The monoisotopic (exact) mass is 460 g/mol. The minimum absolute atomic E-state index is 0.177. The van der Waals surface area contributed by atoms with Crippen molar-refractivity contribution in [2.75, 3.05) is 30.4 Å². The normalized spacial score (nSPS) is 12.4. The van der Waals surface area contributed by atoms with E-state index in [4.69, 9.17) is 28.2 Å². The third kappa shape index (κ3) is 4.77. The lowest BCUT2D eigenvalue weighted by molar-refractivity contribution is 0.241. The van der Waals surface area contributed by atoms with Gasteiger partial charge in [0.15, 0.2) is 0 Å². The number of hydrogen-bond donors (Lipinski definition) is 2. The van der Waals surface area contributed by atoms with Crippen molar-refractivity contribution in [2.24, 2.45) is 0 Å². The first kappa shape index (κ1) is 21.1. The van der Waals surface area contributed by atoms with Gasteiger partial charge in [0, 0.05) is 40.8 Å². The second kappa shape index (κ2) is 9.77. The zero-order valence-electron chi connectivity index (χ0n) is 16.3. The molecule has 0 saturated carbocycles. The van der Waals surface area contributed by atoms with Gasteiger partial charge in [-0.25, -0.2) is 9.78 Å². The average molecular weight is 461 g/mol. The molecule has 2 amide bonds. The Morgan fingerprint density at radius 3 is 2.73 bits per heavy atom. The molecule has 0 spiro atoms. The molecule has 30 heavy (non-hydrogen) atoms. The van der Waals surface area contributed by atoms with Gasteiger partial charge in [0.25, 0.3) is 0 Å². The van der Waals surface area contributed by atoms with Crippen LogP contribution >= 0.6 is 35.0 Å². The Kier molecular flexibility index (Phi) is 6.87. The molecule has 156 valence electrons. The number of unbranched alkanes of at least 4 members (excludes halogenated alkanes) is 1. The second-order valence-corrected chi connectivity index (χ2v) is 8.85. The Balaban J connectivity index is 1.50. The number of aromatic nitrogens is 1. The van der Waals surface area contributed by atoms with Gasteiger partial charge in [-0.3, -0.25) is 0 Å². The van der Waals surface area contributed by atoms with E-state index in [1.807, 2.05) is 30.3 Å². The number of alkyl halides is 1. The number of anilines is 2. The fraction of sp³-hybridized carbons (Fsp3) is 0.273. The van der Waals surface area contributed by atoms with Gasteiger partial charge in [-0.05, 0) is 43.2 Å². The number of benzene rings is 2. The summed E-state index contributed by atoms with van der Waals surface area (Å²) >= 11 is 13.5. The number of urea groups is 1. The van der Waals surface area contributed by atoms with Crippen LogP contribution in [0.2, 0.25) is 5.02 Å². The fourth-order valence-corrected chi connectivity index (χ4v) is 4.90. The minimum atomic E-state index is -0.177. The van der Waals surface area contributed by atoms with E-state index in [-0.39, 0.29) is 6.03 Å². The van der Waals surface area contributed by atoms with Gasteiger partial charge < -0.3 is 15.5 Å². The van der Waals surface area contributed by atoms with Crippen molar-refractivity contribution < 1.29 is 4.79 Å². The number of fused-ring (bicyclic) bond motifs is 3. The average Bonchev–Trinajstić information content (AvgIpc) is 2.75. The molecule has 0 saturated heterocycles. The first-order valence-electron chi connectivity index (χ1n) is 9.88. The number of carbonyl (C=O) groups excluding carboxylic acids is 1. The largest absolute Gasteiger partial charge is 0.338 e. The highest BCUT2D eigenvalue weighted by Crippen LogP contribution is 2.48. The van der Waals surface area contributed by atoms with Gasteiger partial charge in [0.1, 0.15) is 5.82 Å². The number of halogens is 2. The number of amides is 2. The van der Waals surface area contributed by atoms with Crippen molar-refractivity contribution in [1.29, 1.82) is 0 Å². The lowest BCUT2D eigenvalue weighted by Gasteiger charge is -2.32. The van der Waals surface area contributed by atoms with Crippen LogP contribution in [0, 0.1) is 0 Å². The molecule has 8 heteroatoms. The first-order chi connectivity index (χ1) is 14.7. The number of carbonyl (C=O) groups is 1. The fourth-order valence-electron chi connectivity index (χ4n) is 3.43. The molecule has 2 aromatic carbocycles. The standard InChI is InChI=1S/C22H22Cl2N4OS/c23-9-11-26-22(29)25-10-3-4-12-28-18-8-7-16(24)14-19(18)30-20-13-15-5-1-2-6-17(15)27-21(20)28/h1-2,5-8,13-14H,3-4,9-12H2,(H2,25,26,29). The molecule has 2 N–H and O–H groups in total. The van der Waals surface area contributed by atoms with Crippen molar-refractivity contribution in [2.45, 2.75) is 22.6 Å². The number of para-hydroxylation sites is 1. The predicted molar refractivity (Wildman–Crippen MR) is 126 cm³/mol. The van der Waals surface area contributed by atoms with E-state index in [0.717, 1.165) is 56.6 Å². The third-order valence-electron chi connectivity index (χ3n) is 4.83. The van der Waals surface area contributed by atoms with Crippen molar-refractivity contribution in [3.63, 3.8) is 0 Å². The van der Waals surface area contributed by atoms with Crippen LogP contribution in [0.3, 0.4) is 0 Å².